The number of likely N-dealkylation sites (tertiary alicyclic amines) is 1. The number of methoxy groups -OCH3 is 1. The molecule has 2 N–H and O–H groups in total. The van der Waals surface area contributed by atoms with Crippen molar-refractivity contribution in [3.63, 3.8) is 0 Å². The summed E-state index contributed by atoms with van der Waals surface area (Å²) in [6.45, 7) is 6.24. The van der Waals surface area contributed by atoms with Crippen LogP contribution in [0.15, 0.2) is 24.3 Å². The average Bonchev–Trinajstić information content (AvgIpc) is 2.53. The lowest BCUT2D eigenvalue weighted by molar-refractivity contribution is 0.159. The highest BCUT2D eigenvalue weighted by atomic mass is 16.5. The van der Waals surface area contributed by atoms with E-state index in [9.17, 15) is 5.11 Å². The van der Waals surface area contributed by atoms with Crippen LogP contribution >= 0.6 is 0 Å². The summed E-state index contributed by atoms with van der Waals surface area (Å²) in [6.07, 6.45) is 3.51. The molecular formula is C17H28N2O2. The average molecular weight is 292 g/mol. The van der Waals surface area contributed by atoms with Crippen LogP contribution in [-0.2, 0) is 0 Å². The van der Waals surface area contributed by atoms with Gasteiger partial charge in [-0.25, -0.2) is 0 Å². The molecule has 0 saturated carbocycles. The first kappa shape index (κ1) is 16.3. The van der Waals surface area contributed by atoms with Crippen molar-refractivity contribution < 1.29 is 9.84 Å². The van der Waals surface area contributed by atoms with Crippen molar-refractivity contribution in [1.82, 2.24) is 10.2 Å². The van der Waals surface area contributed by atoms with E-state index in [1.165, 1.54) is 32.4 Å². The van der Waals surface area contributed by atoms with Gasteiger partial charge in [0.2, 0.25) is 0 Å². The van der Waals surface area contributed by atoms with Crippen molar-refractivity contribution in [1.29, 1.82) is 0 Å². The summed E-state index contributed by atoms with van der Waals surface area (Å²) < 4.78 is 5.19. The molecule has 1 aliphatic heterocycles. The van der Waals surface area contributed by atoms with Gasteiger partial charge in [-0.15, -0.1) is 0 Å². The lowest BCUT2D eigenvalue weighted by atomic mass is 10.1. The van der Waals surface area contributed by atoms with E-state index in [0.29, 0.717) is 12.6 Å². The number of ether oxygens (including phenoxy) is 1. The summed E-state index contributed by atoms with van der Waals surface area (Å²) in [5, 5.41) is 13.7. The van der Waals surface area contributed by atoms with Crippen molar-refractivity contribution in [3.05, 3.63) is 29.8 Å². The van der Waals surface area contributed by atoms with Crippen LogP contribution in [0.3, 0.4) is 0 Å². The van der Waals surface area contributed by atoms with Crippen molar-refractivity contribution >= 4 is 0 Å². The van der Waals surface area contributed by atoms with Gasteiger partial charge < -0.3 is 20.1 Å². The molecule has 2 unspecified atom stereocenters. The summed E-state index contributed by atoms with van der Waals surface area (Å²) in [4.78, 5) is 2.51. The van der Waals surface area contributed by atoms with Gasteiger partial charge in [-0.3, -0.25) is 0 Å². The molecule has 1 aromatic carbocycles. The number of benzene rings is 1. The second-order valence-corrected chi connectivity index (χ2v) is 5.96. The van der Waals surface area contributed by atoms with Gasteiger partial charge in [-0.05, 0) is 50.6 Å². The van der Waals surface area contributed by atoms with Gasteiger partial charge in [0.05, 0.1) is 13.2 Å². The summed E-state index contributed by atoms with van der Waals surface area (Å²) in [5.41, 5.74) is 0.895. The van der Waals surface area contributed by atoms with Gasteiger partial charge in [-0.1, -0.05) is 18.6 Å². The molecule has 0 radical (unpaired) electrons. The van der Waals surface area contributed by atoms with E-state index < -0.39 is 6.10 Å². The summed E-state index contributed by atoms with van der Waals surface area (Å²) in [7, 11) is 1.64. The largest absolute Gasteiger partial charge is 0.497 e. The van der Waals surface area contributed by atoms with Crippen molar-refractivity contribution in [3.8, 4) is 5.75 Å². The number of rotatable bonds is 7. The summed E-state index contributed by atoms with van der Waals surface area (Å²) in [6, 6.07) is 8.02. The fourth-order valence-corrected chi connectivity index (χ4v) is 2.87. The maximum absolute atomic E-state index is 10.3. The molecule has 0 bridgehead atoms. The zero-order valence-electron chi connectivity index (χ0n) is 13.2. The quantitative estimate of drug-likeness (QED) is 0.808. The van der Waals surface area contributed by atoms with Crippen LogP contribution in [0.2, 0.25) is 0 Å². The highest BCUT2D eigenvalue weighted by molar-refractivity contribution is 5.29. The number of nitrogens with one attached hydrogen (secondary N) is 1. The molecule has 0 amide bonds. The van der Waals surface area contributed by atoms with Gasteiger partial charge in [0.25, 0.3) is 0 Å². The Labute approximate surface area is 128 Å². The van der Waals surface area contributed by atoms with Gasteiger partial charge >= 0.3 is 0 Å². The Bertz CT molecular complexity index is 419. The molecule has 2 rings (SSSR count). The van der Waals surface area contributed by atoms with E-state index in [2.05, 4.69) is 17.1 Å². The Kier molecular flexibility index (Phi) is 6.49. The SMILES string of the molecule is COc1cccc(C(O)CNC(C)CN2CCCCC2)c1. The lowest BCUT2D eigenvalue weighted by Crippen LogP contribution is -2.42. The number of aliphatic hydroxyl groups is 1. The summed E-state index contributed by atoms with van der Waals surface area (Å²) in [5.74, 6) is 0.785. The third-order valence-electron chi connectivity index (χ3n) is 4.12. The molecular weight excluding hydrogens is 264 g/mol. The van der Waals surface area contributed by atoms with E-state index in [4.69, 9.17) is 4.74 Å². The molecule has 0 spiro atoms. The van der Waals surface area contributed by atoms with Gasteiger partial charge in [0.1, 0.15) is 5.75 Å². The Morgan fingerprint density at radius 1 is 1.29 bits per heavy atom. The third-order valence-corrected chi connectivity index (χ3v) is 4.12. The molecule has 0 aliphatic carbocycles. The van der Waals surface area contributed by atoms with E-state index in [1.54, 1.807) is 7.11 Å². The van der Waals surface area contributed by atoms with E-state index in [-0.39, 0.29) is 0 Å². The lowest BCUT2D eigenvalue weighted by Gasteiger charge is -2.29. The van der Waals surface area contributed by atoms with Crippen LogP contribution in [0.4, 0.5) is 0 Å². The zero-order valence-corrected chi connectivity index (χ0v) is 13.2. The highest BCUT2D eigenvalue weighted by Crippen LogP contribution is 2.18. The molecule has 4 nitrogen and oxygen atoms in total. The fourth-order valence-electron chi connectivity index (χ4n) is 2.87. The van der Waals surface area contributed by atoms with Crippen LogP contribution in [0.1, 0.15) is 37.9 Å². The minimum absolute atomic E-state index is 0.392. The first-order valence-corrected chi connectivity index (χ1v) is 7.97. The molecule has 1 saturated heterocycles. The van der Waals surface area contributed by atoms with Crippen molar-refractivity contribution in [2.75, 3.05) is 33.3 Å². The number of aliphatic hydroxyl groups excluding tert-OH is 1. The first-order valence-electron chi connectivity index (χ1n) is 7.97. The predicted octanol–water partition coefficient (Wildman–Crippen LogP) is 2.19. The minimum Gasteiger partial charge on any atom is -0.497 e. The van der Waals surface area contributed by atoms with Crippen LogP contribution in [0.25, 0.3) is 0 Å². The van der Waals surface area contributed by atoms with Crippen LogP contribution in [-0.4, -0.2) is 49.3 Å². The number of hydrogen-bond acceptors (Lipinski definition) is 4. The molecule has 1 heterocycles. The van der Waals surface area contributed by atoms with Crippen LogP contribution in [0, 0.1) is 0 Å². The van der Waals surface area contributed by atoms with Crippen LogP contribution < -0.4 is 10.1 Å². The highest BCUT2D eigenvalue weighted by Gasteiger charge is 2.15. The third kappa shape index (κ3) is 5.30. The van der Waals surface area contributed by atoms with E-state index in [1.807, 2.05) is 24.3 Å². The smallest absolute Gasteiger partial charge is 0.119 e. The molecule has 118 valence electrons. The Hall–Kier alpha value is -1.10. The first-order chi connectivity index (χ1) is 10.2. The predicted molar refractivity (Wildman–Crippen MR) is 85.7 cm³/mol. The Morgan fingerprint density at radius 3 is 2.76 bits per heavy atom. The maximum atomic E-state index is 10.3. The Balaban J connectivity index is 1.75. The second kappa shape index (κ2) is 8.37. The molecule has 1 fully saturated rings. The molecule has 2 atom stereocenters. The monoisotopic (exact) mass is 292 g/mol. The standard InChI is InChI=1S/C17H28N2O2/c1-14(13-19-9-4-3-5-10-19)18-12-17(20)15-7-6-8-16(11-15)21-2/h6-8,11,14,17-18,20H,3-5,9-10,12-13H2,1-2H3. The van der Waals surface area contributed by atoms with Gasteiger partial charge in [0.15, 0.2) is 0 Å². The topological polar surface area (TPSA) is 44.7 Å². The molecule has 4 heteroatoms. The number of nitrogens with zero attached hydrogens (tertiary/aromatic N) is 1. The Morgan fingerprint density at radius 2 is 2.05 bits per heavy atom. The molecule has 1 aromatic rings. The summed E-state index contributed by atoms with van der Waals surface area (Å²) >= 11 is 0. The minimum atomic E-state index is -0.496. The molecule has 21 heavy (non-hydrogen) atoms. The van der Waals surface area contributed by atoms with Crippen LogP contribution in [0.5, 0.6) is 5.75 Å². The van der Waals surface area contributed by atoms with Crippen molar-refractivity contribution in [2.24, 2.45) is 0 Å². The molecule has 1 aliphatic rings. The number of piperidine rings is 1. The van der Waals surface area contributed by atoms with Gasteiger partial charge in [0, 0.05) is 19.1 Å². The maximum Gasteiger partial charge on any atom is 0.119 e. The normalized spacial score (nSPS) is 19.2. The fraction of sp³-hybridized carbons (Fsp3) is 0.647. The second-order valence-electron chi connectivity index (χ2n) is 5.96. The van der Waals surface area contributed by atoms with Gasteiger partial charge in [-0.2, -0.15) is 0 Å². The number of hydrogen-bond donors (Lipinski definition) is 2. The van der Waals surface area contributed by atoms with E-state index >= 15 is 0 Å². The van der Waals surface area contributed by atoms with E-state index in [0.717, 1.165) is 17.9 Å². The zero-order chi connectivity index (χ0) is 15.1. The molecule has 0 aromatic heterocycles. The van der Waals surface area contributed by atoms with Crippen molar-refractivity contribution in [2.45, 2.75) is 38.3 Å².